The van der Waals surface area contributed by atoms with Gasteiger partial charge in [-0.2, -0.15) is 0 Å². The van der Waals surface area contributed by atoms with Crippen molar-refractivity contribution in [3.05, 3.63) is 36.0 Å². The van der Waals surface area contributed by atoms with E-state index < -0.39 is 29.9 Å². The van der Waals surface area contributed by atoms with E-state index in [1.807, 2.05) is 27.7 Å². The molecule has 0 aliphatic carbocycles. The third kappa shape index (κ3) is 10.5. The molecule has 1 saturated heterocycles. The fourth-order valence-corrected chi connectivity index (χ4v) is 6.12. The molecule has 2 N–H and O–H groups in total. The van der Waals surface area contributed by atoms with E-state index in [-0.39, 0.29) is 35.5 Å². The number of benzene rings is 1. The van der Waals surface area contributed by atoms with Gasteiger partial charge in [-0.1, -0.05) is 53.7 Å². The molecule has 0 bridgehead atoms. The summed E-state index contributed by atoms with van der Waals surface area (Å²) in [5.74, 6) is -0.236. The molecular formula is C36H57N3O6. The molecule has 0 radical (unpaired) electrons. The number of methoxy groups -OCH3 is 1. The first-order valence-electron chi connectivity index (χ1n) is 16.7. The Morgan fingerprint density at radius 3 is 2.33 bits per heavy atom. The highest BCUT2D eigenvalue weighted by molar-refractivity contribution is 5.86. The maximum absolute atomic E-state index is 13.8. The van der Waals surface area contributed by atoms with Crippen LogP contribution in [0.15, 0.2) is 30.5 Å². The van der Waals surface area contributed by atoms with Crippen molar-refractivity contribution in [3.8, 4) is 0 Å². The number of cyclic esters (lactones) is 1. The van der Waals surface area contributed by atoms with Gasteiger partial charge in [0.25, 0.3) is 0 Å². The van der Waals surface area contributed by atoms with E-state index in [1.165, 1.54) is 16.5 Å². The van der Waals surface area contributed by atoms with Gasteiger partial charge >= 0.3 is 12.1 Å². The molecule has 2 heterocycles. The highest BCUT2D eigenvalue weighted by Crippen LogP contribution is 2.33. The third-order valence-corrected chi connectivity index (χ3v) is 8.84. The van der Waals surface area contributed by atoms with E-state index in [4.69, 9.17) is 14.2 Å². The van der Waals surface area contributed by atoms with E-state index in [9.17, 15) is 14.4 Å². The Bertz CT molecular complexity index is 1280. The number of nitrogens with one attached hydrogen (secondary N) is 2. The molecule has 1 fully saturated rings. The fourth-order valence-electron chi connectivity index (χ4n) is 6.12. The van der Waals surface area contributed by atoms with E-state index in [0.717, 1.165) is 26.0 Å². The lowest BCUT2D eigenvalue weighted by Crippen LogP contribution is -2.55. The zero-order valence-electron chi connectivity index (χ0n) is 29.1. The van der Waals surface area contributed by atoms with Crippen molar-refractivity contribution in [2.45, 2.75) is 118 Å². The Morgan fingerprint density at radius 1 is 1.04 bits per heavy atom. The lowest BCUT2D eigenvalue weighted by molar-refractivity contribution is -0.147. The summed E-state index contributed by atoms with van der Waals surface area (Å²) in [5.41, 5.74) is 1.75. The van der Waals surface area contributed by atoms with E-state index in [1.54, 1.807) is 27.9 Å². The Morgan fingerprint density at radius 2 is 1.76 bits per heavy atom. The van der Waals surface area contributed by atoms with E-state index in [2.05, 4.69) is 59.5 Å². The minimum atomic E-state index is -0.800. The zero-order valence-corrected chi connectivity index (χ0v) is 29.1. The predicted octanol–water partition coefficient (Wildman–Crippen LogP) is 6.50. The standard InChI is InChI=1S/C36H57N3O6/c1-22(2)27(18-25-12-13-26-14-16-39(30(26)19-25)15-11-17-43-10)20-29(31-21-28(23(3)4)34(41)44-31)37-33(40)32(24(5)6)38-35(42)45-36(7,8)9/h12-14,16,19,22-24,27-29,31-32H,11,15,17-18,20-21H2,1-10H3,(H,37,40)(H,38,42)/t27-,28?,29-,31?,32-/m0/s1. The molecule has 5 atom stereocenters. The maximum Gasteiger partial charge on any atom is 0.408 e. The van der Waals surface area contributed by atoms with Crippen LogP contribution in [0.5, 0.6) is 0 Å². The second kappa shape index (κ2) is 16.0. The van der Waals surface area contributed by atoms with Gasteiger partial charge in [-0.05, 0) is 93.2 Å². The van der Waals surface area contributed by atoms with Crippen molar-refractivity contribution < 1.29 is 28.6 Å². The number of carbonyl (C=O) groups excluding carboxylic acids is 3. The van der Waals surface area contributed by atoms with Crippen LogP contribution in [0.25, 0.3) is 10.9 Å². The fraction of sp³-hybridized carbons (Fsp3) is 0.694. The van der Waals surface area contributed by atoms with Crippen LogP contribution in [0.3, 0.4) is 0 Å². The largest absolute Gasteiger partial charge is 0.460 e. The van der Waals surface area contributed by atoms with E-state index in [0.29, 0.717) is 18.8 Å². The summed E-state index contributed by atoms with van der Waals surface area (Å²) in [5, 5.41) is 7.19. The molecule has 45 heavy (non-hydrogen) atoms. The summed E-state index contributed by atoms with van der Waals surface area (Å²) in [4.78, 5) is 39.3. The zero-order chi connectivity index (χ0) is 33.5. The number of carbonyl (C=O) groups is 3. The van der Waals surface area contributed by atoms with Crippen molar-refractivity contribution in [1.29, 1.82) is 0 Å². The second-order valence-corrected chi connectivity index (χ2v) is 14.7. The van der Waals surface area contributed by atoms with Gasteiger partial charge in [0.15, 0.2) is 0 Å². The summed E-state index contributed by atoms with van der Waals surface area (Å²) in [6.07, 6.45) is 4.01. The van der Waals surface area contributed by atoms with Crippen LogP contribution in [0.4, 0.5) is 4.79 Å². The van der Waals surface area contributed by atoms with Crippen molar-refractivity contribution in [2.75, 3.05) is 13.7 Å². The van der Waals surface area contributed by atoms with Gasteiger partial charge in [0.2, 0.25) is 5.91 Å². The molecule has 1 aliphatic heterocycles. The number of rotatable bonds is 15. The third-order valence-electron chi connectivity index (χ3n) is 8.84. The maximum atomic E-state index is 13.8. The Labute approximate surface area is 270 Å². The number of fused-ring (bicyclic) bond motifs is 1. The highest BCUT2D eigenvalue weighted by atomic mass is 16.6. The summed E-state index contributed by atoms with van der Waals surface area (Å²) in [6, 6.07) is 7.58. The van der Waals surface area contributed by atoms with Gasteiger partial charge < -0.3 is 29.4 Å². The predicted molar refractivity (Wildman–Crippen MR) is 178 cm³/mol. The van der Waals surface area contributed by atoms with Gasteiger partial charge in [0, 0.05) is 32.0 Å². The van der Waals surface area contributed by atoms with E-state index >= 15 is 0 Å². The molecule has 2 amide bonds. The number of aromatic nitrogens is 1. The first-order valence-corrected chi connectivity index (χ1v) is 16.7. The Kier molecular flexibility index (Phi) is 12.9. The number of alkyl carbamates (subject to hydrolysis) is 1. The van der Waals surface area contributed by atoms with Crippen LogP contribution in [0.2, 0.25) is 0 Å². The molecule has 0 spiro atoms. The molecule has 1 aromatic carbocycles. The smallest absolute Gasteiger partial charge is 0.408 e. The van der Waals surface area contributed by atoms with Crippen LogP contribution in [0, 0.1) is 29.6 Å². The van der Waals surface area contributed by atoms with Crippen LogP contribution >= 0.6 is 0 Å². The second-order valence-electron chi connectivity index (χ2n) is 14.7. The molecule has 0 saturated carbocycles. The molecule has 1 aliphatic rings. The van der Waals surface area contributed by atoms with Gasteiger partial charge in [-0.15, -0.1) is 0 Å². The monoisotopic (exact) mass is 627 g/mol. The minimum absolute atomic E-state index is 0.142. The van der Waals surface area contributed by atoms with Crippen molar-refractivity contribution in [2.24, 2.45) is 29.6 Å². The SMILES string of the molecule is COCCCn1ccc2ccc(C[C@@H](C[C@H](NC(=O)[C@@H](NC(=O)OC(C)(C)C)C(C)C)C3CC(C(C)C)C(=O)O3)C(C)C)cc21. The van der Waals surface area contributed by atoms with Crippen LogP contribution in [0.1, 0.15) is 87.1 Å². The van der Waals surface area contributed by atoms with Crippen molar-refractivity contribution >= 4 is 28.9 Å². The topological polar surface area (TPSA) is 108 Å². The molecule has 252 valence electrons. The lowest BCUT2D eigenvalue weighted by atomic mass is 9.81. The molecular weight excluding hydrogens is 570 g/mol. The quantitative estimate of drug-likeness (QED) is 0.172. The molecule has 1 aromatic heterocycles. The number of hydrogen-bond donors (Lipinski definition) is 2. The number of aryl methyl sites for hydroxylation is 1. The first-order chi connectivity index (χ1) is 21.1. The summed E-state index contributed by atoms with van der Waals surface area (Å²) < 4.78 is 18.9. The highest BCUT2D eigenvalue weighted by Gasteiger charge is 2.42. The summed E-state index contributed by atoms with van der Waals surface area (Å²) in [7, 11) is 1.73. The molecule has 3 rings (SSSR count). The summed E-state index contributed by atoms with van der Waals surface area (Å²) in [6.45, 7) is 19.2. The minimum Gasteiger partial charge on any atom is -0.460 e. The average molecular weight is 628 g/mol. The summed E-state index contributed by atoms with van der Waals surface area (Å²) >= 11 is 0. The number of ether oxygens (including phenoxy) is 3. The van der Waals surface area contributed by atoms with Crippen LogP contribution < -0.4 is 10.6 Å². The normalized spacial score (nSPS) is 19.2. The van der Waals surface area contributed by atoms with Crippen LogP contribution in [-0.2, 0) is 36.8 Å². The number of amides is 2. The van der Waals surface area contributed by atoms with Gasteiger partial charge in [-0.25, -0.2) is 4.79 Å². The molecule has 9 heteroatoms. The lowest BCUT2D eigenvalue weighted by Gasteiger charge is -2.32. The molecule has 9 nitrogen and oxygen atoms in total. The average Bonchev–Trinajstić information content (AvgIpc) is 3.52. The van der Waals surface area contributed by atoms with Crippen molar-refractivity contribution in [1.82, 2.24) is 15.2 Å². The number of esters is 1. The Hall–Kier alpha value is -3.07. The first kappa shape index (κ1) is 36.4. The number of hydrogen-bond acceptors (Lipinski definition) is 6. The van der Waals surface area contributed by atoms with Gasteiger partial charge in [-0.3, -0.25) is 9.59 Å². The molecule has 2 unspecified atom stereocenters. The van der Waals surface area contributed by atoms with Crippen LogP contribution in [-0.4, -0.2) is 60.0 Å². The van der Waals surface area contributed by atoms with Crippen molar-refractivity contribution in [3.63, 3.8) is 0 Å². The number of nitrogens with zero attached hydrogens (tertiary/aromatic N) is 1. The van der Waals surface area contributed by atoms with Gasteiger partial charge in [0.05, 0.1) is 12.0 Å². The van der Waals surface area contributed by atoms with Gasteiger partial charge in [0.1, 0.15) is 17.7 Å². The Balaban J connectivity index is 1.85. The molecule has 2 aromatic rings.